The van der Waals surface area contributed by atoms with Crippen molar-refractivity contribution in [2.75, 3.05) is 34.3 Å². The fourth-order valence-corrected chi connectivity index (χ4v) is 2.55. The van der Waals surface area contributed by atoms with Gasteiger partial charge in [-0.3, -0.25) is 4.79 Å². The fourth-order valence-electron chi connectivity index (χ4n) is 2.42. The van der Waals surface area contributed by atoms with Crippen LogP contribution in [-0.4, -0.2) is 57.2 Å². The highest BCUT2D eigenvalue weighted by atomic mass is 35.5. The predicted octanol–water partition coefficient (Wildman–Crippen LogP) is 2.94. The number of ether oxygens (including phenoxy) is 2. The van der Waals surface area contributed by atoms with Crippen molar-refractivity contribution in [1.29, 1.82) is 0 Å². The van der Waals surface area contributed by atoms with Crippen molar-refractivity contribution in [2.24, 2.45) is 4.99 Å². The smallest absolute Gasteiger partial charge is 0.241 e. The highest BCUT2D eigenvalue weighted by molar-refractivity contribution is 6.30. The molecule has 0 heterocycles. The molecule has 0 bridgehead atoms. The lowest BCUT2D eigenvalue weighted by molar-refractivity contribution is -0.127. The molecule has 8 heteroatoms. The molecule has 2 rings (SSSR count). The first-order valence-electron chi connectivity index (χ1n) is 9.65. The minimum atomic E-state index is -0.122. The van der Waals surface area contributed by atoms with Crippen LogP contribution in [0.2, 0.25) is 5.02 Å². The molecule has 30 heavy (non-hydrogen) atoms. The molecule has 162 valence electrons. The summed E-state index contributed by atoms with van der Waals surface area (Å²) in [6.45, 7) is 3.07. The number of hydrogen-bond acceptors (Lipinski definition) is 4. The zero-order chi connectivity index (χ0) is 21.9. The molecule has 0 aliphatic heterocycles. The number of amides is 1. The van der Waals surface area contributed by atoms with E-state index in [0.717, 1.165) is 17.1 Å². The summed E-state index contributed by atoms with van der Waals surface area (Å²) in [5.41, 5.74) is 1.03. The van der Waals surface area contributed by atoms with Gasteiger partial charge in [0, 0.05) is 19.1 Å². The van der Waals surface area contributed by atoms with Gasteiger partial charge in [-0.05, 0) is 48.9 Å². The van der Waals surface area contributed by atoms with Gasteiger partial charge in [0.25, 0.3) is 0 Å². The van der Waals surface area contributed by atoms with E-state index in [1.807, 2.05) is 43.3 Å². The van der Waals surface area contributed by atoms with Gasteiger partial charge < -0.3 is 25.0 Å². The third-order valence-electron chi connectivity index (χ3n) is 4.19. The van der Waals surface area contributed by atoms with Gasteiger partial charge in [-0.15, -0.1) is 0 Å². The highest BCUT2D eigenvalue weighted by Crippen LogP contribution is 2.16. The van der Waals surface area contributed by atoms with Crippen molar-refractivity contribution < 1.29 is 14.3 Å². The molecule has 2 aromatic carbocycles. The van der Waals surface area contributed by atoms with E-state index < -0.39 is 0 Å². The first-order chi connectivity index (χ1) is 14.4. The van der Waals surface area contributed by atoms with E-state index in [0.29, 0.717) is 24.1 Å². The standard InChI is InChI=1S/C22H29ClN4O3/c1-16(30-20-11-7-18(23)8-12-20)13-24-22(26-15-21(28)27(2)3)25-14-17-5-9-19(29-4)10-6-17/h5-12,16H,13-15H2,1-4H3,(H2,24,25,26). The summed E-state index contributed by atoms with van der Waals surface area (Å²) in [4.78, 5) is 18.0. The zero-order valence-electron chi connectivity index (χ0n) is 17.8. The van der Waals surface area contributed by atoms with Crippen LogP contribution in [0.15, 0.2) is 53.5 Å². The molecule has 1 amide bonds. The van der Waals surface area contributed by atoms with Crippen LogP contribution in [0.1, 0.15) is 12.5 Å². The maximum atomic E-state index is 11.9. The lowest BCUT2D eigenvalue weighted by Gasteiger charge is -2.19. The highest BCUT2D eigenvalue weighted by Gasteiger charge is 2.09. The molecule has 0 aromatic heterocycles. The lowest BCUT2D eigenvalue weighted by atomic mass is 10.2. The van der Waals surface area contributed by atoms with Crippen LogP contribution in [0.5, 0.6) is 11.5 Å². The van der Waals surface area contributed by atoms with Gasteiger partial charge in [0.05, 0.1) is 26.7 Å². The largest absolute Gasteiger partial charge is 0.497 e. The minimum Gasteiger partial charge on any atom is -0.497 e. The van der Waals surface area contributed by atoms with Gasteiger partial charge >= 0.3 is 0 Å². The van der Waals surface area contributed by atoms with Crippen LogP contribution in [-0.2, 0) is 11.3 Å². The van der Waals surface area contributed by atoms with Gasteiger partial charge in [0.15, 0.2) is 5.96 Å². The Morgan fingerprint density at radius 1 is 1.07 bits per heavy atom. The topological polar surface area (TPSA) is 75.2 Å². The predicted molar refractivity (Wildman–Crippen MR) is 120 cm³/mol. The van der Waals surface area contributed by atoms with Crippen molar-refractivity contribution in [1.82, 2.24) is 15.5 Å². The Morgan fingerprint density at radius 3 is 2.30 bits per heavy atom. The Balaban J connectivity index is 1.96. The number of nitrogens with zero attached hydrogens (tertiary/aromatic N) is 2. The Kier molecular flexibility index (Phi) is 9.28. The maximum Gasteiger partial charge on any atom is 0.241 e. The molecule has 1 atom stereocenters. The summed E-state index contributed by atoms with van der Waals surface area (Å²) < 4.78 is 11.1. The second-order valence-corrected chi connectivity index (χ2v) is 7.35. The molecule has 0 spiro atoms. The van der Waals surface area contributed by atoms with Crippen LogP contribution in [0.25, 0.3) is 0 Å². The van der Waals surface area contributed by atoms with E-state index in [1.54, 1.807) is 33.3 Å². The SMILES string of the molecule is COc1ccc(CN=C(NCC(=O)N(C)C)NCC(C)Oc2ccc(Cl)cc2)cc1. The molecule has 1 unspecified atom stereocenters. The molecule has 7 nitrogen and oxygen atoms in total. The quantitative estimate of drug-likeness (QED) is 0.470. The molecule has 0 aliphatic carbocycles. The van der Waals surface area contributed by atoms with Crippen LogP contribution in [0.3, 0.4) is 0 Å². The first kappa shape index (κ1) is 23.3. The molecule has 0 saturated carbocycles. The molecular formula is C22H29ClN4O3. The van der Waals surface area contributed by atoms with E-state index in [1.165, 1.54) is 4.90 Å². The molecule has 0 radical (unpaired) electrons. The Hall–Kier alpha value is -2.93. The summed E-state index contributed by atoms with van der Waals surface area (Å²) in [5.74, 6) is 2.03. The van der Waals surface area contributed by atoms with E-state index in [9.17, 15) is 4.79 Å². The van der Waals surface area contributed by atoms with E-state index in [-0.39, 0.29) is 18.6 Å². The van der Waals surface area contributed by atoms with Gasteiger partial charge in [-0.1, -0.05) is 23.7 Å². The summed E-state index contributed by atoms with van der Waals surface area (Å²) in [6.07, 6.45) is -0.122. The van der Waals surface area contributed by atoms with Crippen LogP contribution < -0.4 is 20.1 Å². The van der Waals surface area contributed by atoms with E-state index >= 15 is 0 Å². The average molecular weight is 433 g/mol. The Morgan fingerprint density at radius 2 is 1.70 bits per heavy atom. The second kappa shape index (κ2) is 11.9. The number of carbonyl (C=O) groups is 1. The summed E-state index contributed by atoms with van der Waals surface area (Å²) >= 11 is 5.91. The molecule has 0 aliphatic rings. The normalized spacial score (nSPS) is 12.1. The molecular weight excluding hydrogens is 404 g/mol. The monoisotopic (exact) mass is 432 g/mol. The Labute approximate surface area is 183 Å². The van der Waals surface area contributed by atoms with Gasteiger partial charge in [-0.2, -0.15) is 0 Å². The number of aliphatic imine (C=N–C) groups is 1. The van der Waals surface area contributed by atoms with Crippen LogP contribution in [0.4, 0.5) is 0 Å². The lowest BCUT2D eigenvalue weighted by Crippen LogP contribution is -2.45. The number of halogens is 1. The maximum absolute atomic E-state index is 11.9. The van der Waals surface area contributed by atoms with Gasteiger partial charge in [0.2, 0.25) is 5.91 Å². The Bertz CT molecular complexity index is 823. The van der Waals surface area contributed by atoms with Crippen molar-refractivity contribution in [3.63, 3.8) is 0 Å². The number of methoxy groups -OCH3 is 1. The molecule has 0 fully saturated rings. The number of likely N-dealkylation sites (N-methyl/N-ethyl adjacent to an activating group) is 1. The molecule has 2 aromatic rings. The van der Waals surface area contributed by atoms with Crippen molar-refractivity contribution in [3.8, 4) is 11.5 Å². The minimum absolute atomic E-state index is 0.0422. The summed E-state index contributed by atoms with van der Waals surface area (Å²) in [6, 6.07) is 14.9. The van der Waals surface area contributed by atoms with Crippen LogP contribution >= 0.6 is 11.6 Å². The second-order valence-electron chi connectivity index (χ2n) is 6.92. The number of hydrogen-bond donors (Lipinski definition) is 2. The summed E-state index contributed by atoms with van der Waals surface area (Å²) in [7, 11) is 5.06. The average Bonchev–Trinajstić information content (AvgIpc) is 2.74. The number of rotatable bonds is 9. The van der Waals surface area contributed by atoms with E-state index in [4.69, 9.17) is 21.1 Å². The first-order valence-corrected chi connectivity index (χ1v) is 10.0. The fraction of sp³-hybridized carbons (Fsp3) is 0.364. The van der Waals surface area contributed by atoms with Crippen LogP contribution in [0, 0.1) is 0 Å². The number of guanidine groups is 1. The number of benzene rings is 2. The molecule has 0 saturated heterocycles. The molecule has 2 N–H and O–H groups in total. The third kappa shape index (κ3) is 8.21. The van der Waals surface area contributed by atoms with Crippen molar-refractivity contribution in [3.05, 3.63) is 59.1 Å². The van der Waals surface area contributed by atoms with Gasteiger partial charge in [-0.25, -0.2) is 4.99 Å². The van der Waals surface area contributed by atoms with E-state index in [2.05, 4.69) is 15.6 Å². The number of nitrogens with one attached hydrogen (secondary N) is 2. The van der Waals surface area contributed by atoms with Gasteiger partial charge in [0.1, 0.15) is 17.6 Å². The third-order valence-corrected chi connectivity index (χ3v) is 4.44. The van der Waals surface area contributed by atoms with Crippen molar-refractivity contribution in [2.45, 2.75) is 19.6 Å². The summed E-state index contributed by atoms with van der Waals surface area (Å²) in [5, 5.41) is 6.96. The number of carbonyl (C=O) groups excluding carboxylic acids is 1. The zero-order valence-corrected chi connectivity index (χ0v) is 18.6. The van der Waals surface area contributed by atoms with Crippen molar-refractivity contribution >= 4 is 23.5 Å².